The molecule has 0 amide bonds. The second kappa shape index (κ2) is 11.2. The van der Waals surface area contributed by atoms with Gasteiger partial charge in [-0.25, -0.2) is 0 Å². The fourth-order valence-corrected chi connectivity index (χ4v) is 7.19. The van der Waals surface area contributed by atoms with Crippen LogP contribution in [0, 0.1) is 0 Å². The summed E-state index contributed by atoms with van der Waals surface area (Å²) in [6.45, 7) is 6.93. The van der Waals surface area contributed by atoms with Gasteiger partial charge in [0.1, 0.15) is 0 Å². The Kier molecular flexibility index (Phi) is 6.80. The topological polar surface area (TPSA) is 0 Å². The quantitative estimate of drug-likeness (QED) is 0.179. The van der Waals surface area contributed by atoms with E-state index in [2.05, 4.69) is 185 Å². The molecule has 8 rings (SSSR count). The van der Waals surface area contributed by atoms with Gasteiger partial charge in [-0.2, -0.15) is 0 Å². The van der Waals surface area contributed by atoms with E-state index in [9.17, 15) is 0 Å². The molecule has 220 valence electrons. The molecule has 0 aliphatic heterocycles. The Bertz CT molecular complexity index is 2380. The summed E-state index contributed by atoms with van der Waals surface area (Å²) in [6.07, 6.45) is 0. The Balaban J connectivity index is 1.53. The van der Waals surface area contributed by atoms with Gasteiger partial charge < -0.3 is 0 Å². The lowest BCUT2D eigenvalue weighted by Crippen LogP contribution is -2.10. The molecule has 0 atom stereocenters. The second-order valence-corrected chi connectivity index (χ2v) is 13.3. The number of benzene rings is 8. The van der Waals surface area contributed by atoms with Crippen molar-refractivity contribution < 1.29 is 0 Å². The first-order valence-electron chi connectivity index (χ1n) is 16.2. The van der Waals surface area contributed by atoms with Crippen molar-refractivity contribution in [3.05, 3.63) is 169 Å². The van der Waals surface area contributed by atoms with Gasteiger partial charge in [0, 0.05) is 0 Å². The van der Waals surface area contributed by atoms with Crippen LogP contribution < -0.4 is 0 Å². The first kappa shape index (κ1) is 28.0. The normalized spacial score (nSPS) is 11.8. The van der Waals surface area contributed by atoms with Gasteiger partial charge in [-0.1, -0.05) is 178 Å². The van der Waals surface area contributed by atoms with Crippen LogP contribution in [0.2, 0.25) is 0 Å². The first-order chi connectivity index (χ1) is 22.5. The molecule has 8 aromatic carbocycles. The van der Waals surface area contributed by atoms with E-state index in [0.717, 1.165) is 0 Å². The van der Waals surface area contributed by atoms with Crippen LogP contribution in [0.4, 0.5) is 0 Å². The molecule has 0 fully saturated rings. The average molecular weight is 589 g/mol. The smallest absolute Gasteiger partial charge is 0.00200 e. The molecule has 8 aromatic rings. The van der Waals surface area contributed by atoms with Crippen LogP contribution in [0.25, 0.3) is 76.8 Å². The van der Waals surface area contributed by atoms with E-state index in [1.165, 1.54) is 82.4 Å². The van der Waals surface area contributed by atoms with E-state index in [1.54, 1.807) is 0 Å². The van der Waals surface area contributed by atoms with E-state index >= 15 is 0 Å². The molecule has 0 aliphatic rings. The summed E-state index contributed by atoms with van der Waals surface area (Å²) in [5, 5.41) is 7.63. The van der Waals surface area contributed by atoms with Crippen LogP contribution >= 0.6 is 0 Å². The summed E-state index contributed by atoms with van der Waals surface area (Å²) in [5.74, 6) is 0. The highest BCUT2D eigenvalue weighted by Crippen LogP contribution is 2.49. The minimum Gasteiger partial charge on any atom is -0.0622 e. The van der Waals surface area contributed by atoms with Crippen LogP contribution in [0.15, 0.2) is 164 Å². The maximum Gasteiger partial charge on any atom is -0.00200 e. The van der Waals surface area contributed by atoms with Gasteiger partial charge in [0.05, 0.1) is 0 Å². The van der Waals surface area contributed by atoms with Crippen LogP contribution in [-0.4, -0.2) is 0 Å². The third-order valence-corrected chi connectivity index (χ3v) is 9.45. The Labute approximate surface area is 271 Å². The van der Waals surface area contributed by atoms with Crippen molar-refractivity contribution in [2.24, 2.45) is 0 Å². The van der Waals surface area contributed by atoms with E-state index in [0.29, 0.717) is 0 Å². The van der Waals surface area contributed by atoms with Crippen LogP contribution in [-0.2, 0) is 5.41 Å². The first-order valence-corrected chi connectivity index (χ1v) is 16.2. The predicted molar refractivity (Wildman–Crippen MR) is 199 cm³/mol. The zero-order valence-electron chi connectivity index (χ0n) is 26.6. The summed E-state index contributed by atoms with van der Waals surface area (Å²) in [4.78, 5) is 0. The standard InChI is InChI=1S/C46H36/c1-46(2,3)33-28-29-42-43(30-33)45(39-24-12-10-22-37(39)36-27-15-19-32-18-7-8-20-34(32)36)41-26-14-13-25-40(41)44(42)38-23-11-9-21-35(38)31-16-5-4-6-17-31/h4-30H,1-3H3. The fraction of sp³-hybridized carbons (Fsp3) is 0.0870. The molecule has 0 saturated heterocycles. The van der Waals surface area contributed by atoms with Gasteiger partial charge in [-0.05, 0) is 93.9 Å². The highest BCUT2D eigenvalue weighted by molar-refractivity contribution is 6.23. The number of hydrogen-bond acceptors (Lipinski definition) is 0. The zero-order chi connectivity index (χ0) is 31.3. The molecule has 0 radical (unpaired) electrons. The molecule has 0 spiro atoms. The maximum atomic E-state index is 2.46. The maximum absolute atomic E-state index is 2.46. The molecule has 46 heavy (non-hydrogen) atoms. The van der Waals surface area contributed by atoms with E-state index in [-0.39, 0.29) is 5.41 Å². The molecule has 0 unspecified atom stereocenters. The van der Waals surface area contributed by atoms with Crippen molar-refractivity contribution in [1.82, 2.24) is 0 Å². The summed E-state index contributed by atoms with van der Waals surface area (Å²) < 4.78 is 0. The largest absolute Gasteiger partial charge is 0.0622 e. The van der Waals surface area contributed by atoms with E-state index < -0.39 is 0 Å². The van der Waals surface area contributed by atoms with Gasteiger partial charge in [-0.15, -0.1) is 0 Å². The second-order valence-electron chi connectivity index (χ2n) is 13.3. The molecule has 0 nitrogen and oxygen atoms in total. The summed E-state index contributed by atoms with van der Waals surface area (Å²) >= 11 is 0. The van der Waals surface area contributed by atoms with Gasteiger partial charge in [-0.3, -0.25) is 0 Å². The number of rotatable bonds is 4. The van der Waals surface area contributed by atoms with Crippen molar-refractivity contribution >= 4 is 32.3 Å². The Morgan fingerprint density at radius 2 is 0.804 bits per heavy atom. The Morgan fingerprint density at radius 1 is 0.326 bits per heavy atom. The van der Waals surface area contributed by atoms with Crippen molar-refractivity contribution in [3.8, 4) is 44.5 Å². The molecular formula is C46H36. The van der Waals surface area contributed by atoms with Crippen molar-refractivity contribution in [2.45, 2.75) is 26.2 Å². The van der Waals surface area contributed by atoms with Crippen LogP contribution in [0.5, 0.6) is 0 Å². The third-order valence-electron chi connectivity index (χ3n) is 9.45. The van der Waals surface area contributed by atoms with Gasteiger partial charge in [0.2, 0.25) is 0 Å². The number of hydrogen-bond donors (Lipinski definition) is 0. The molecule has 0 heteroatoms. The van der Waals surface area contributed by atoms with E-state index in [4.69, 9.17) is 0 Å². The molecule has 0 N–H and O–H groups in total. The average Bonchev–Trinajstić information content (AvgIpc) is 3.10. The molecule has 0 saturated carbocycles. The lowest BCUT2D eigenvalue weighted by Gasteiger charge is -2.24. The summed E-state index contributed by atoms with van der Waals surface area (Å²) in [7, 11) is 0. The monoisotopic (exact) mass is 588 g/mol. The van der Waals surface area contributed by atoms with Crippen molar-refractivity contribution in [3.63, 3.8) is 0 Å². The minimum atomic E-state index is 0.00830. The SMILES string of the molecule is CC(C)(C)c1ccc2c(-c3ccccc3-c3ccccc3)c3ccccc3c(-c3ccccc3-c3cccc4ccccc34)c2c1. The lowest BCUT2D eigenvalue weighted by atomic mass is 9.79. The van der Waals surface area contributed by atoms with Crippen molar-refractivity contribution in [2.75, 3.05) is 0 Å². The highest BCUT2D eigenvalue weighted by Gasteiger charge is 2.23. The molecule has 0 bridgehead atoms. The van der Waals surface area contributed by atoms with Crippen LogP contribution in [0.3, 0.4) is 0 Å². The van der Waals surface area contributed by atoms with Gasteiger partial charge in [0.25, 0.3) is 0 Å². The Hall–Kier alpha value is -5.46. The van der Waals surface area contributed by atoms with Crippen molar-refractivity contribution in [1.29, 1.82) is 0 Å². The molecule has 0 aromatic heterocycles. The minimum absolute atomic E-state index is 0.00830. The summed E-state index contributed by atoms with van der Waals surface area (Å²) in [5.41, 5.74) is 11.4. The van der Waals surface area contributed by atoms with Gasteiger partial charge in [0.15, 0.2) is 0 Å². The highest BCUT2D eigenvalue weighted by atomic mass is 14.3. The lowest BCUT2D eigenvalue weighted by molar-refractivity contribution is 0.591. The molecule has 0 aliphatic carbocycles. The molecule has 0 heterocycles. The molecular weight excluding hydrogens is 553 g/mol. The number of fused-ring (bicyclic) bond motifs is 3. The Morgan fingerprint density at radius 3 is 1.50 bits per heavy atom. The fourth-order valence-electron chi connectivity index (χ4n) is 7.19. The van der Waals surface area contributed by atoms with Gasteiger partial charge >= 0.3 is 0 Å². The van der Waals surface area contributed by atoms with E-state index in [1.807, 2.05) is 0 Å². The van der Waals surface area contributed by atoms with Crippen LogP contribution in [0.1, 0.15) is 26.3 Å². The third kappa shape index (κ3) is 4.70. The summed E-state index contributed by atoms with van der Waals surface area (Å²) in [6, 6.07) is 60.3. The zero-order valence-corrected chi connectivity index (χ0v) is 26.6. The predicted octanol–water partition coefficient (Wildman–Crippen LogP) is 13.1.